The zero-order valence-corrected chi connectivity index (χ0v) is 15.8. The number of benzene rings is 2. The summed E-state index contributed by atoms with van der Waals surface area (Å²) in [6.07, 6.45) is 1.90. The van der Waals surface area contributed by atoms with E-state index in [9.17, 15) is 4.79 Å². The summed E-state index contributed by atoms with van der Waals surface area (Å²) in [7, 11) is 1.67. The fourth-order valence-electron chi connectivity index (χ4n) is 2.98. The number of nitrogens with one attached hydrogen (secondary N) is 1. The van der Waals surface area contributed by atoms with Gasteiger partial charge in [0.15, 0.2) is 0 Å². The summed E-state index contributed by atoms with van der Waals surface area (Å²) in [5, 5.41) is 3.55. The highest BCUT2D eigenvalue weighted by Gasteiger charge is 2.24. The van der Waals surface area contributed by atoms with Crippen LogP contribution in [0.3, 0.4) is 0 Å². The number of hydrogen-bond acceptors (Lipinski definition) is 3. The maximum atomic E-state index is 12.7. The summed E-state index contributed by atoms with van der Waals surface area (Å²) < 4.78 is 6.27. The van der Waals surface area contributed by atoms with Gasteiger partial charge in [0.05, 0.1) is 12.7 Å². The van der Waals surface area contributed by atoms with Crippen LogP contribution in [0.5, 0.6) is 5.75 Å². The molecular weight excluding hydrogens is 415 g/mol. The number of anilines is 1. The van der Waals surface area contributed by atoms with E-state index < -0.39 is 0 Å². The smallest absolute Gasteiger partial charge is 0.254 e. The van der Waals surface area contributed by atoms with E-state index in [2.05, 4.69) is 27.9 Å². The van der Waals surface area contributed by atoms with Crippen molar-refractivity contribution in [1.82, 2.24) is 4.90 Å². The Kier molecular flexibility index (Phi) is 5.60. The number of hydrogen-bond donors (Lipinski definition) is 1. The van der Waals surface area contributed by atoms with Crippen molar-refractivity contribution in [2.45, 2.75) is 18.9 Å². The first kappa shape index (κ1) is 17.1. The summed E-state index contributed by atoms with van der Waals surface area (Å²) in [4.78, 5) is 14.6. The maximum absolute atomic E-state index is 12.7. The van der Waals surface area contributed by atoms with Crippen molar-refractivity contribution in [1.29, 1.82) is 0 Å². The molecular formula is C19H21IN2O2. The molecule has 5 heteroatoms. The molecule has 0 saturated carbocycles. The van der Waals surface area contributed by atoms with Crippen molar-refractivity contribution in [3.05, 3.63) is 57.7 Å². The molecule has 2 aromatic rings. The molecule has 4 nitrogen and oxygen atoms in total. The molecule has 0 spiro atoms. The number of ether oxygens (including phenoxy) is 1. The van der Waals surface area contributed by atoms with E-state index in [-0.39, 0.29) is 5.91 Å². The van der Waals surface area contributed by atoms with Crippen molar-refractivity contribution in [3.63, 3.8) is 0 Å². The number of nitrogens with zero attached hydrogens (tertiary/aromatic N) is 1. The molecule has 0 atom stereocenters. The lowest BCUT2D eigenvalue weighted by Gasteiger charge is -2.33. The summed E-state index contributed by atoms with van der Waals surface area (Å²) >= 11 is 2.23. The number of amides is 1. The second-order valence-electron chi connectivity index (χ2n) is 5.92. The number of piperidine rings is 1. The van der Waals surface area contributed by atoms with Gasteiger partial charge in [-0.25, -0.2) is 0 Å². The van der Waals surface area contributed by atoms with Gasteiger partial charge in [0.25, 0.3) is 5.91 Å². The van der Waals surface area contributed by atoms with E-state index >= 15 is 0 Å². The molecule has 0 aliphatic carbocycles. The summed E-state index contributed by atoms with van der Waals surface area (Å²) in [5.74, 6) is 0.992. The maximum Gasteiger partial charge on any atom is 0.254 e. The SMILES string of the molecule is COc1cccc(NC2CCN(C(=O)c3ccccc3I)CC2)c1. The second kappa shape index (κ2) is 7.88. The largest absolute Gasteiger partial charge is 0.497 e. The molecule has 0 unspecified atom stereocenters. The predicted molar refractivity (Wildman–Crippen MR) is 105 cm³/mol. The van der Waals surface area contributed by atoms with Crippen LogP contribution in [0.15, 0.2) is 48.5 Å². The Hall–Kier alpha value is -1.76. The molecule has 1 N–H and O–H groups in total. The zero-order valence-electron chi connectivity index (χ0n) is 13.7. The molecule has 1 aliphatic rings. The Morgan fingerprint density at radius 3 is 2.62 bits per heavy atom. The van der Waals surface area contributed by atoms with Crippen LogP contribution >= 0.6 is 22.6 Å². The van der Waals surface area contributed by atoms with Gasteiger partial charge in [-0.2, -0.15) is 0 Å². The van der Waals surface area contributed by atoms with Crippen LogP contribution in [0.25, 0.3) is 0 Å². The highest BCUT2D eigenvalue weighted by Crippen LogP contribution is 2.22. The predicted octanol–water partition coefficient (Wildman–Crippen LogP) is 4.02. The number of halogens is 1. The van der Waals surface area contributed by atoms with Crippen molar-refractivity contribution < 1.29 is 9.53 Å². The third kappa shape index (κ3) is 4.01. The van der Waals surface area contributed by atoms with Crippen molar-refractivity contribution in [3.8, 4) is 5.75 Å². The molecule has 126 valence electrons. The number of rotatable bonds is 4. The number of methoxy groups -OCH3 is 1. The van der Waals surface area contributed by atoms with E-state index in [1.54, 1.807) is 7.11 Å². The Bertz CT molecular complexity index is 712. The Morgan fingerprint density at radius 1 is 1.17 bits per heavy atom. The molecule has 24 heavy (non-hydrogen) atoms. The first-order valence-corrected chi connectivity index (χ1v) is 9.19. The van der Waals surface area contributed by atoms with Gasteiger partial charge in [-0.05, 0) is 59.7 Å². The zero-order chi connectivity index (χ0) is 16.9. The highest BCUT2D eigenvalue weighted by atomic mass is 127. The second-order valence-corrected chi connectivity index (χ2v) is 7.08. The van der Waals surface area contributed by atoms with Crippen LogP contribution < -0.4 is 10.1 Å². The Morgan fingerprint density at radius 2 is 1.92 bits per heavy atom. The summed E-state index contributed by atoms with van der Waals surface area (Å²) in [6.45, 7) is 1.57. The van der Waals surface area contributed by atoms with Gasteiger partial charge < -0.3 is 15.0 Å². The lowest BCUT2D eigenvalue weighted by Crippen LogP contribution is -2.42. The number of likely N-dealkylation sites (tertiary alicyclic amines) is 1. The molecule has 1 amide bonds. The molecule has 1 aliphatic heterocycles. The van der Waals surface area contributed by atoms with Crippen LogP contribution in [0, 0.1) is 3.57 Å². The minimum absolute atomic E-state index is 0.139. The van der Waals surface area contributed by atoms with Crippen LogP contribution in [0.1, 0.15) is 23.2 Å². The summed E-state index contributed by atoms with van der Waals surface area (Å²) in [6, 6.07) is 16.1. The Balaban J connectivity index is 1.57. The van der Waals surface area contributed by atoms with Gasteiger partial charge in [0.2, 0.25) is 0 Å². The van der Waals surface area contributed by atoms with Crippen molar-refractivity contribution in [2.75, 3.05) is 25.5 Å². The molecule has 1 saturated heterocycles. The first-order valence-electron chi connectivity index (χ1n) is 8.12. The van der Waals surface area contributed by atoms with Crippen molar-refractivity contribution >= 4 is 34.2 Å². The first-order chi connectivity index (χ1) is 11.7. The topological polar surface area (TPSA) is 41.6 Å². The fraction of sp³-hybridized carbons (Fsp3) is 0.316. The molecule has 1 heterocycles. The molecule has 2 aromatic carbocycles. The van der Waals surface area contributed by atoms with E-state index in [4.69, 9.17) is 4.74 Å². The van der Waals surface area contributed by atoms with Gasteiger partial charge in [-0.1, -0.05) is 18.2 Å². The lowest BCUT2D eigenvalue weighted by atomic mass is 10.0. The quantitative estimate of drug-likeness (QED) is 0.737. The van der Waals surface area contributed by atoms with Gasteiger partial charge in [0, 0.05) is 34.5 Å². The normalized spacial score (nSPS) is 15.2. The number of carbonyl (C=O) groups excluding carboxylic acids is 1. The van der Waals surface area contributed by atoms with Crippen LogP contribution in [-0.4, -0.2) is 37.0 Å². The molecule has 1 fully saturated rings. The molecule has 0 aromatic heterocycles. The van der Waals surface area contributed by atoms with Crippen LogP contribution in [-0.2, 0) is 0 Å². The van der Waals surface area contributed by atoms with Crippen molar-refractivity contribution in [2.24, 2.45) is 0 Å². The third-order valence-electron chi connectivity index (χ3n) is 4.33. The fourth-order valence-corrected chi connectivity index (χ4v) is 3.60. The monoisotopic (exact) mass is 436 g/mol. The Labute approximate surface area is 156 Å². The average Bonchev–Trinajstić information content (AvgIpc) is 2.62. The van der Waals surface area contributed by atoms with E-state index in [0.717, 1.165) is 46.5 Å². The van der Waals surface area contributed by atoms with Crippen LogP contribution in [0.2, 0.25) is 0 Å². The van der Waals surface area contributed by atoms with Gasteiger partial charge in [-0.3, -0.25) is 4.79 Å². The number of carbonyl (C=O) groups is 1. The molecule has 0 bridgehead atoms. The average molecular weight is 436 g/mol. The van der Waals surface area contributed by atoms with Gasteiger partial charge >= 0.3 is 0 Å². The van der Waals surface area contributed by atoms with Crippen LogP contribution in [0.4, 0.5) is 5.69 Å². The third-order valence-corrected chi connectivity index (χ3v) is 5.27. The summed E-state index contributed by atoms with van der Waals surface area (Å²) in [5.41, 5.74) is 1.87. The standard InChI is InChI=1S/C19H21IN2O2/c1-24-16-6-4-5-15(13-16)21-14-9-11-22(12-10-14)19(23)17-7-2-3-8-18(17)20/h2-8,13-14,21H,9-12H2,1H3. The molecule has 3 rings (SSSR count). The van der Waals surface area contributed by atoms with Gasteiger partial charge in [-0.15, -0.1) is 0 Å². The minimum Gasteiger partial charge on any atom is -0.497 e. The van der Waals surface area contributed by atoms with E-state index in [1.165, 1.54) is 0 Å². The molecule has 0 radical (unpaired) electrons. The van der Waals surface area contributed by atoms with E-state index in [1.807, 2.05) is 53.4 Å². The minimum atomic E-state index is 0.139. The highest BCUT2D eigenvalue weighted by molar-refractivity contribution is 14.1. The van der Waals surface area contributed by atoms with Gasteiger partial charge in [0.1, 0.15) is 5.75 Å². The lowest BCUT2D eigenvalue weighted by molar-refractivity contribution is 0.0717. The van der Waals surface area contributed by atoms with E-state index in [0.29, 0.717) is 6.04 Å².